The number of ether oxygens (including phenoxy) is 2. The topological polar surface area (TPSA) is 74.5 Å². The Morgan fingerprint density at radius 3 is 2.92 bits per heavy atom. The van der Waals surface area contributed by atoms with Crippen LogP contribution in [0.5, 0.6) is 5.75 Å². The summed E-state index contributed by atoms with van der Waals surface area (Å²) in [6.45, 7) is 0.0164. The van der Waals surface area contributed by atoms with E-state index in [1.54, 1.807) is 7.11 Å². The number of hydrogen-bond donors (Lipinski definition) is 0. The summed E-state index contributed by atoms with van der Waals surface area (Å²) in [6.07, 6.45) is 6.43. The second kappa shape index (κ2) is 7.95. The molecule has 24 heavy (non-hydrogen) atoms. The van der Waals surface area contributed by atoms with Crippen LogP contribution in [0.15, 0.2) is 28.8 Å². The first-order chi connectivity index (χ1) is 11.7. The lowest BCUT2D eigenvalue weighted by molar-refractivity contribution is -0.147. The van der Waals surface area contributed by atoms with Gasteiger partial charge >= 0.3 is 5.97 Å². The molecule has 1 saturated carbocycles. The highest BCUT2D eigenvalue weighted by molar-refractivity contribution is 5.69. The van der Waals surface area contributed by atoms with Gasteiger partial charge in [-0.1, -0.05) is 36.6 Å². The molecule has 1 heterocycles. The highest BCUT2D eigenvalue weighted by Crippen LogP contribution is 2.26. The minimum absolute atomic E-state index is 0.0164. The van der Waals surface area contributed by atoms with Crippen LogP contribution in [-0.2, 0) is 16.1 Å². The number of nitrogens with zero attached hydrogens (tertiary/aromatic N) is 2. The number of carbonyl (C=O) groups is 1. The van der Waals surface area contributed by atoms with Crippen LogP contribution in [0, 0.1) is 5.92 Å². The van der Waals surface area contributed by atoms with Crippen molar-refractivity contribution in [2.45, 2.75) is 45.1 Å². The highest BCUT2D eigenvalue weighted by atomic mass is 16.6. The van der Waals surface area contributed by atoms with Crippen molar-refractivity contribution in [3.63, 3.8) is 0 Å². The molecular weight excluding hydrogens is 308 g/mol. The number of esters is 1. The van der Waals surface area contributed by atoms with Crippen LogP contribution in [0.4, 0.5) is 0 Å². The molecule has 0 radical (unpaired) electrons. The van der Waals surface area contributed by atoms with Crippen LogP contribution in [0.1, 0.15) is 44.4 Å². The molecule has 128 valence electrons. The fourth-order valence-electron chi connectivity index (χ4n) is 3.02. The van der Waals surface area contributed by atoms with Crippen LogP contribution in [0.25, 0.3) is 11.4 Å². The van der Waals surface area contributed by atoms with Crippen LogP contribution in [-0.4, -0.2) is 23.2 Å². The zero-order valence-corrected chi connectivity index (χ0v) is 13.9. The summed E-state index contributed by atoms with van der Waals surface area (Å²) >= 11 is 0. The second-order valence-corrected chi connectivity index (χ2v) is 6.11. The van der Waals surface area contributed by atoms with Gasteiger partial charge in [0.05, 0.1) is 7.11 Å². The quantitative estimate of drug-likeness (QED) is 0.751. The predicted molar refractivity (Wildman–Crippen MR) is 87.3 cm³/mol. The molecule has 0 amide bonds. The second-order valence-electron chi connectivity index (χ2n) is 6.11. The van der Waals surface area contributed by atoms with Crippen LogP contribution in [0.3, 0.4) is 0 Å². The molecule has 0 unspecified atom stereocenters. The summed E-state index contributed by atoms with van der Waals surface area (Å²) in [6, 6.07) is 7.39. The molecule has 1 fully saturated rings. The lowest BCUT2D eigenvalue weighted by atomic mass is 9.87. The third-order valence-electron chi connectivity index (χ3n) is 4.33. The zero-order chi connectivity index (χ0) is 16.8. The summed E-state index contributed by atoms with van der Waals surface area (Å²) in [5.41, 5.74) is 0.790. The Labute approximate surface area is 141 Å². The average molecular weight is 330 g/mol. The van der Waals surface area contributed by atoms with Crippen LogP contribution >= 0.6 is 0 Å². The number of aromatic nitrogens is 2. The fourth-order valence-corrected chi connectivity index (χ4v) is 3.02. The van der Waals surface area contributed by atoms with E-state index in [-0.39, 0.29) is 12.6 Å². The first kappa shape index (κ1) is 16.5. The molecule has 2 aromatic rings. The molecule has 0 spiro atoms. The predicted octanol–water partition coefficient (Wildman–Crippen LogP) is 3.76. The Balaban J connectivity index is 1.53. The van der Waals surface area contributed by atoms with Gasteiger partial charge in [-0.25, -0.2) is 0 Å². The summed E-state index contributed by atoms with van der Waals surface area (Å²) in [7, 11) is 1.60. The summed E-state index contributed by atoms with van der Waals surface area (Å²) in [4.78, 5) is 16.2. The van der Waals surface area contributed by atoms with Gasteiger partial charge in [0.25, 0.3) is 5.89 Å². The Hall–Kier alpha value is -2.37. The highest BCUT2D eigenvalue weighted by Gasteiger charge is 2.18. The fraction of sp³-hybridized carbons (Fsp3) is 0.500. The van der Waals surface area contributed by atoms with E-state index in [0.29, 0.717) is 24.1 Å². The first-order valence-corrected chi connectivity index (χ1v) is 8.37. The Morgan fingerprint density at radius 1 is 1.29 bits per heavy atom. The van der Waals surface area contributed by atoms with Crippen LogP contribution in [0.2, 0.25) is 0 Å². The summed E-state index contributed by atoms with van der Waals surface area (Å²) < 4.78 is 15.6. The third kappa shape index (κ3) is 4.34. The molecule has 0 aliphatic heterocycles. The molecule has 0 N–H and O–H groups in total. The van der Waals surface area contributed by atoms with Crippen molar-refractivity contribution in [1.29, 1.82) is 0 Å². The molecule has 0 atom stereocenters. The van der Waals surface area contributed by atoms with E-state index in [1.165, 1.54) is 19.3 Å². The van der Waals surface area contributed by atoms with E-state index in [4.69, 9.17) is 14.0 Å². The molecule has 0 bridgehead atoms. The van der Waals surface area contributed by atoms with Gasteiger partial charge in [-0.05, 0) is 30.9 Å². The first-order valence-electron chi connectivity index (χ1n) is 8.37. The van der Waals surface area contributed by atoms with Crippen molar-refractivity contribution in [3.8, 4) is 17.1 Å². The normalized spacial score (nSPS) is 15.2. The van der Waals surface area contributed by atoms with Gasteiger partial charge in [0.15, 0.2) is 6.61 Å². The van der Waals surface area contributed by atoms with Crippen molar-refractivity contribution in [2.75, 3.05) is 7.11 Å². The molecule has 1 aliphatic carbocycles. The van der Waals surface area contributed by atoms with Gasteiger partial charge in [0.2, 0.25) is 5.82 Å². The van der Waals surface area contributed by atoms with Crippen molar-refractivity contribution in [1.82, 2.24) is 10.1 Å². The Kier molecular flexibility index (Phi) is 5.46. The van der Waals surface area contributed by atoms with E-state index in [1.807, 2.05) is 24.3 Å². The van der Waals surface area contributed by atoms with Crippen molar-refractivity contribution in [2.24, 2.45) is 5.92 Å². The SMILES string of the molecule is COc1cccc(-c2noc(COC(=O)CC3CCCCC3)n2)c1. The standard InChI is InChI=1S/C18H22N2O4/c1-22-15-9-5-8-14(11-15)18-19-16(24-20-18)12-23-17(21)10-13-6-3-2-4-7-13/h5,8-9,11,13H,2-4,6-7,10,12H2,1H3. The molecule has 0 saturated heterocycles. The van der Waals surface area contributed by atoms with Gasteiger partial charge in [0, 0.05) is 12.0 Å². The minimum atomic E-state index is -0.192. The van der Waals surface area contributed by atoms with E-state index < -0.39 is 0 Å². The molecule has 1 aromatic heterocycles. The molecule has 6 nitrogen and oxygen atoms in total. The monoisotopic (exact) mass is 330 g/mol. The van der Waals surface area contributed by atoms with E-state index in [9.17, 15) is 4.79 Å². The van der Waals surface area contributed by atoms with Crippen LogP contribution < -0.4 is 4.74 Å². The maximum Gasteiger partial charge on any atom is 0.306 e. The van der Waals surface area contributed by atoms with Crippen molar-refractivity contribution < 1.29 is 18.8 Å². The van der Waals surface area contributed by atoms with E-state index >= 15 is 0 Å². The maximum absolute atomic E-state index is 11.9. The average Bonchev–Trinajstić information content (AvgIpc) is 3.10. The number of methoxy groups -OCH3 is 1. The maximum atomic E-state index is 11.9. The number of benzene rings is 1. The van der Waals surface area contributed by atoms with Crippen molar-refractivity contribution in [3.05, 3.63) is 30.2 Å². The van der Waals surface area contributed by atoms with Crippen molar-refractivity contribution >= 4 is 5.97 Å². The zero-order valence-electron chi connectivity index (χ0n) is 13.9. The van der Waals surface area contributed by atoms with Gasteiger partial charge in [-0.3, -0.25) is 4.79 Å². The van der Waals surface area contributed by atoms with Gasteiger partial charge in [-0.2, -0.15) is 4.98 Å². The van der Waals surface area contributed by atoms with E-state index in [0.717, 1.165) is 24.2 Å². The molecule has 3 rings (SSSR count). The molecule has 1 aliphatic rings. The van der Waals surface area contributed by atoms with Gasteiger partial charge in [-0.15, -0.1) is 0 Å². The Morgan fingerprint density at radius 2 is 2.12 bits per heavy atom. The summed E-state index contributed by atoms with van der Waals surface area (Å²) in [5, 5.41) is 3.92. The van der Waals surface area contributed by atoms with E-state index in [2.05, 4.69) is 10.1 Å². The number of rotatable bonds is 6. The van der Waals surface area contributed by atoms with Gasteiger partial charge in [0.1, 0.15) is 5.75 Å². The molecular formula is C18H22N2O4. The number of carbonyl (C=O) groups excluding carboxylic acids is 1. The summed E-state index contributed by atoms with van der Waals surface area (Å²) in [5.74, 6) is 1.74. The molecule has 6 heteroatoms. The Bertz CT molecular complexity index is 677. The smallest absolute Gasteiger partial charge is 0.306 e. The molecule has 1 aromatic carbocycles. The lowest BCUT2D eigenvalue weighted by Gasteiger charge is -2.20. The third-order valence-corrected chi connectivity index (χ3v) is 4.33. The largest absolute Gasteiger partial charge is 0.497 e. The minimum Gasteiger partial charge on any atom is -0.497 e. The van der Waals surface area contributed by atoms with Gasteiger partial charge < -0.3 is 14.0 Å². The lowest BCUT2D eigenvalue weighted by Crippen LogP contribution is -2.14. The number of hydrogen-bond acceptors (Lipinski definition) is 6.